The molecule has 0 radical (unpaired) electrons. The van der Waals surface area contributed by atoms with Crippen LogP contribution in [0.5, 0.6) is 5.75 Å². The van der Waals surface area contributed by atoms with Gasteiger partial charge in [0.05, 0.1) is 0 Å². The Morgan fingerprint density at radius 1 is 1.04 bits per heavy atom. The summed E-state index contributed by atoms with van der Waals surface area (Å²) in [5, 5.41) is 12.0. The lowest BCUT2D eigenvalue weighted by molar-refractivity contribution is -0.116. The largest absolute Gasteiger partial charge is 0.508 e. The highest BCUT2D eigenvalue weighted by Crippen LogP contribution is 2.22. The van der Waals surface area contributed by atoms with E-state index < -0.39 is 5.95 Å². The summed E-state index contributed by atoms with van der Waals surface area (Å²) in [5.74, 6) is -0.381. The fraction of sp³-hybridized carbons (Fsp3) is 0.143. The minimum Gasteiger partial charge on any atom is -0.508 e. The van der Waals surface area contributed by atoms with E-state index in [0.29, 0.717) is 24.1 Å². The number of phenols is 1. The SMILES string of the molecule is O=C(CCCc1ccc(-c2cccnc2F)cc1)Nc1ccc(O)cc1. The molecule has 0 aliphatic carbocycles. The van der Waals surface area contributed by atoms with Crippen LogP contribution in [0, 0.1) is 5.95 Å². The zero-order valence-corrected chi connectivity index (χ0v) is 14.2. The molecule has 0 aliphatic rings. The van der Waals surface area contributed by atoms with Crippen LogP contribution in [-0.2, 0) is 11.2 Å². The van der Waals surface area contributed by atoms with Gasteiger partial charge >= 0.3 is 0 Å². The topological polar surface area (TPSA) is 62.2 Å². The summed E-state index contributed by atoms with van der Waals surface area (Å²) < 4.78 is 13.7. The Labute approximate surface area is 151 Å². The number of anilines is 1. The maximum atomic E-state index is 13.7. The fourth-order valence-electron chi connectivity index (χ4n) is 2.67. The highest BCUT2D eigenvalue weighted by Gasteiger charge is 2.06. The molecule has 0 aliphatic heterocycles. The average Bonchev–Trinajstić information content (AvgIpc) is 2.65. The molecule has 0 saturated carbocycles. The molecular formula is C21H19FN2O2. The van der Waals surface area contributed by atoms with Crippen molar-refractivity contribution in [1.82, 2.24) is 4.98 Å². The van der Waals surface area contributed by atoms with E-state index in [-0.39, 0.29) is 11.7 Å². The van der Waals surface area contributed by atoms with Gasteiger partial charge in [-0.2, -0.15) is 4.39 Å². The van der Waals surface area contributed by atoms with Gasteiger partial charge < -0.3 is 10.4 Å². The molecular weight excluding hydrogens is 331 g/mol. The highest BCUT2D eigenvalue weighted by atomic mass is 19.1. The van der Waals surface area contributed by atoms with Crippen LogP contribution < -0.4 is 5.32 Å². The zero-order valence-electron chi connectivity index (χ0n) is 14.2. The Morgan fingerprint density at radius 3 is 2.46 bits per heavy atom. The number of carbonyl (C=O) groups is 1. The Hall–Kier alpha value is -3.21. The van der Waals surface area contributed by atoms with Crippen molar-refractivity contribution in [2.24, 2.45) is 0 Å². The Morgan fingerprint density at radius 2 is 1.77 bits per heavy atom. The molecule has 0 atom stereocenters. The van der Waals surface area contributed by atoms with Crippen molar-refractivity contribution in [1.29, 1.82) is 0 Å². The van der Waals surface area contributed by atoms with Gasteiger partial charge in [0, 0.05) is 23.9 Å². The molecule has 3 rings (SSSR count). The molecule has 1 aromatic heterocycles. The van der Waals surface area contributed by atoms with Gasteiger partial charge in [0.2, 0.25) is 11.9 Å². The van der Waals surface area contributed by atoms with Gasteiger partial charge in [0.15, 0.2) is 0 Å². The van der Waals surface area contributed by atoms with E-state index in [4.69, 9.17) is 0 Å². The number of aromatic nitrogens is 1. The summed E-state index contributed by atoms with van der Waals surface area (Å²) in [5.41, 5.74) is 3.02. The molecule has 1 heterocycles. The normalized spacial score (nSPS) is 10.5. The number of halogens is 1. The third-order valence-electron chi connectivity index (χ3n) is 4.04. The lowest BCUT2D eigenvalue weighted by atomic mass is 10.0. The minimum atomic E-state index is -0.480. The molecule has 0 fully saturated rings. The van der Waals surface area contributed by atoms with Crippen LogP contribution in [0.4, 0.5) is 10.1 Å². The number of rotatable bonds is 6. The van der Waals surface area contributed by atoms with E-state index in [0.717, 1.165) is 17.5 Å². The van der Waals surface area contributed by atoms with Crippen molar-refractivity contribution in [2.45, 2.75) is 19.3 Å². The number of aromatic hydroxyl groups is 1. The second kappa shape index (κ2) is 8.25. The van der Waals surface area contributed by atoms with Gasteiger partial charge in [-0.25, -0.2) is 4.98 Å². The number of benzene rings is 2. The molecule has 5 heteroatoms. The third-order valence-corrected chi connectivity index (χ3v) is 4.04. The summed E-state index contributed by atoms with van der Waals surface area (Å²) in [7, 11) is 0. The average molecular weight is 350 g/mol. The monoisotopic (exact) mass is 350 g/mol. The number of hydrogen-bond acceptors (Lipinski definition) is 3. The molecule has 132 valence electrons. The fourth-order valence-corrected chi connectivity index (χ4v) is 2.67. The summed E-state index contributed by atoms with van der Waals surface area (Å²) in [6.45, 7) is 0. The standard InChI is InChI=1S/C21H19FN2O2/c22-21-19(4-2-14-23-21)16-8-6-15(7-9-16)3-1-5-20(26)24-17-10-12-18(25)13-11-17/h2,4,6-14,25H,1,3,5H2,(H,24,26). The molecule has 0 bridgehead atoms. The zero-order chi connectivity index (χ0) is 18.4. The molecule has 0 unspecified atom stereocenters. The Bertz CT molecular complexity index is 877. The number of phenolic OH excluding ortho intramolecular Hbond substituents is 1. The van der Waals surface area contributed by atoms with Gasteiger partial charge in [-0.15, -0.1) is 0 Å². The molecule has 3 aromatic rings. The predicted molar refractivity (Wildman–Crippen MR) is 99.3 cm³/mol. The highest BCUT2D eigenvalue weighted by molar-refractivity contribution is 5.90. The second-order valence-corrected chi connectivity index (χ2v) is 5.99. The van der Waals surface area contributed by atoms with Gasteiger partial charge in [0.25, 0.3) is 0 Å². The van der Waals surface area contributed by atoms with Crippen molar-refractivity contribution in [3.8, 4) is 16.9 Å². The third kappa shape index (κ3) is 4.66. The van der Waals surface area contributed by atoms with Gasteiger partial charge in [0.1, 0.15) is 5.75 Å². The Kier molecular flexibility index (Phi) is 5.59. The number of pyridine rings is 1. The maximum Gasteiger partial charge on any atom is 0.224 e. The van der Waals surface area contributed by atoms with Crippen molar-refractivity contribution in [3.63, 3.8) is 0 Å². The number of nitrogens with zero attached hydrogens (tertiary/aromatic N) is 1. The van der Waals surface area contributed by atoms with Crippen molar-refractivity contribution in [2.75, 3.05) is 5.32 Å². The van der Waals surface area contributed by atoms with E-state index in [1.54, 1.807) is 24.3 Å². The Balaban J connectivity index is 1.50. The molecule has 26 heavy (non-hydrogen) atoms. The second-order valence-electron chi connectivity index (χ2n) is 5.99. The van der Waals surface area contributed by atoms with E-state index in [1.165, 1.54) is 18.3 Å². The molecule has 2 N–H and O–H groups in total. The number of amides is 1. The maximum absolute atomic E-state index is 13.7. The van der Waals surface area contributed by atoms with Crippen LogP contribution in [0.3, 0.4) is 0 Å². The first kappa shape index (κ1) is 17.6. The quantitative estimate of drug-likeness (QED) is 0.506. The molecule has 1 amide bonds. The first-order valence-electron chi connectivity index (χ1n) is 8.40. The summed E-state index contributed by atoms with van der Waals surface area (Å²) in [6.07, 6.45) is 3.31. The minimum absolute atomic E-state index is 0.0651. The number of hydrogen-bond donors (Lipinski definition) is 2. The summed E-state index contributed by atoms with van der Waals surface area (Å²) >= 11 is 0. The molecule has 2 aromatic carbocycles. The van der Waals surface area contributed by atoms with Crippen LogP contribution >= 0.6 is 0 Å². The van der Waals surface area contributed by atoms with Crippen molar-refractivity contribution >= 4 is 11.6 Å². The summed E-state index contributed by atoms with van der Waals surface area (Å²) in [4.78, 5) is 15.6. The lowest BCUT2D eigenvalue weighted by Gasteiger charge is -2.07. The summed E-state index contributed by atoms with van der Waals surface area (Å²) in [6, 6.07) is 17.4. The predicted octanol–water partition coefficient (Wildman–Crippen LogP) is 4.55. The van der Waals surface area contributed by atoms with Crippen LogP contribution in [0.25, 0.3) is 11.1 Å². The van der Waals surface area contributed by atoms with Crippen LogP contribution in [0.1, 0.15) is 18.4 Å². The van der Waals surface area contributed by atoms with E-state index >= 15 is 0 Å². The van der Waals surface area contributed by atoms with Crippen LogP contribution in [-0.4, -0.2) is 16.0 Å². The number of aryl methyl sites for hydroxylation is 1. The molecule has 0 spiro atoms. The van der Waals surface area contributed by atoms with E-state index in [9.17, 15) is 14.3 Å². The first-order chi connectivity index (χ1) is 12.6. The van der Waals surface area contributed by atoms with E-state index in [2.05, 4.69) is 10.3 Å². The lowest BCUT2D eigenvalue weighted by Crippen LogP contribution is -2.11. The van der Waals surface area contributed by atoms with Crippen molar-refractivity contribution < 1.29 is 14.3 Å². The van der Waals surface area contributed by atoms with Gasteiger partial charge in [-0.1, -0.05) is 24.3 Å². The smallest absolute Gasteiger partial charge is 0.224 e. The first-order valence-corrected chi connectivity index (χ1v) is 8.40. The number of nitrogens with one attached hydrogen (secondary N) is 1. The number of carbonyl (C=O) groups excluding carboxylic acids is 1. The van der Waals surface area contributed by atoms with Crippen LogP contribution in [0.2, 0.25) is 0 Å². The molecule has 4 nitrogen and oxygen atoms in total. The van der Waals surface area contributed by atoms with Crippen LogP contribution in [0.15, 0.2) is 66.9 Å². The van der Waals surface area contributed by atoms with E-state index in [1.807, 2.05) is 24.3 Å². The van der Waals surface area contributed by atoms with Gasteiger partial charge in [-0.3, -0.25) is 4.79 Å². The van der Waals surface area contributed by atoms with Crippen molar-refractivity contribution in [3.05, 3.63) is 78.4 Å². The van der Waals surface area contributed by atoms with Gasteiger partial charge in [-0.05, 0) is 60.4 Å². The molecule has 0 saturated heterocycles.